The Morgan fingerprint density at radius 3 is 2.24 bits per heavy atom. The molecule has 4 heterocycles. The molecular formula is C32H40N8OS. The zero-order valence-electron chi connectivity index (χ0n) is 25.4. The number of amides is 1. The average molecular weight is 585 g/mol. The van der Waals surface area contributed by atoms with Crippen LogP contribution >= 0.6 is 11.3 Å². The van der Waals surface area contributed by atoms with Crippen LogP contribution in [0.4, 0.5) is 0 Å². The maximum absolute atomic E-state index is 11.8. The molecule has 220 valence electrons. The van der Waals surface area contributed by atoms with Gasteiger partial charge in [-0.15, -0.1) is 22.0 Å². The number of unbranched alkanes of at least 4 members (excludes halogenated alkanes) is 1. The maximum Gasteiger partial charge on any atom is 0.248 e. The summed E-state index contributed by atoms with van der Waals surface area (Å²) in [6.07, 6.45) is 6.42. The number of nitrogens with two attached hydrogens (primary N) is 1. The molecule has 0 saturated carbocycles. The Balaban J connectivity index is 0.000000624. The number of fused-ring (bicyclic) bond motifs is 1. The molecule has 0 unspecified atom stereocenters. The number of aromatic nitrogens is 3. The normalized spacial score (nSPS) is 12.0. The van der Waals surface area contributed by atoms with Crippen LogP contribution in [0.1, 0.15) is 72.7 Å². The van der Waals surface area contributed by atoms with Crippen molar-refractivity contribution in [2.24, 2.45) is 10.8 Å². The number of nitrogens with one attached hydrogen (secondary N) is 3. The van der Waals surface area contributed by atoms with E-state index in [0.717, 1.165) is 60.5 Å². The zero-order chi connectivity index (χ0) is 30.4. The summed E-state index contributed by atoms with van der Waals surface area (Å²) in [5.41, 5.74) is 21.9. The fraction of sp³-hybridized carbons (Fsp3) is 0.281. The number of amidine groups is 1. The number of hydrazine groups is 2. The monoisotopic (exact) mass is 584 g/mol. The van der Waals surface area contributed by atoms with Gasteiger partial charge in [0, 0.05) is 34.9 Å². The van der Waals surface area contributed by atoms with Crippen LogP contribution in [0.25, 0.3) is 32.8 Å². The molecule has 42 heavy (non-hydrogen) atoms. The third-order valence-corrected chi connectivity index (χ3v) is 8.03. The lowest BCUT2D eigenvalue weighted by Gasteiger charge is -2.15. The van der Waals surface area contributed by atoms with Crippen LogP contribution in [0.2, 0.25) is 0 Å². The van der Waals surface area contributed by atoms with Crippen molar-refractivity contribution >= 4 is 33.3 Å². The minimum Gasteiger partial charge on any atom is -0.366 e. The molecule has 5 aromatic rings. The minimum atomic E-state index is -0.429. The van der Waals surface area contributed by atoms with E-state index in [4.69, 9.17) is 5.73 Å². The molecule has 0 fully saturated rings. The highest BCUT2D eigenvalue weighted by Gasteiger charge is 2.20. The summed E-state index contributed by atoms with van der Waals surface area (Å²) < 4.78 is 5.43. The summed E-state index contributed by atoms with van der Waals surface area (Å²) in [6, 6.07) is 16.5. The molecule has 1 aliphatic rings. The number of thiophene rings is 1. The number of benzene rings is 2. The highest BCUT2D eigenvalue weighted by molar-refractivity contribution is 7.20. The van der Waals surface area contributed by atoms with Gasteiger partial charge in [0.2, 0.25) is 5.91 Å². The Kier molecular flexibility index (Phi) is 9.82. The molecule has 0 atom stereocenters. The van der Waals surface area contributed by atoms with Crippen molar-refractivity contribution in [2.75, 3.05) is 0 Å². The summed E-state index contributed by atoms with van der Waals surface area (Å²) in [5.74, 6) is 1.25. The topological polar surface area (TPSA) is 114 Å². The third kappa shape index (κ3) is 6.09. The molecule has 3 aromatic heterocycles. The second-order valence-corrected chi connectivity index (χ2v) is 10.8. The number of carbonyl (C=O) groups is 1. The van der Waals surface area contributed by atoms with E-state index in [1.54, 1.807) is 17.4 Å². The summed E-state index contributed by atoms with van der Waals surface area (Å²) in [6.45, 7) is 14.4. The SMILES string of the molecule is CC.CCCC.Cc1cc(-n2c(-c3ccc(-n4ccnc4C)cc3C)cc3sc(C4=NNNN4)cc32)ccc1C(N)=O. The Bertz CT molecular complexity index is 1720. The Morgan fingerprint density at radius 1 is 0.952 bits per heavy atom. The van der Waals surface area contributed by atoms with Crippen molar-refractivity contribution < 1.29 is 4.79 Å². The molecule has 0 saturated heterocycles. The van der Waals surface area contributed by atoms with Crippen LogP contribution in [0, 0.1) is 20.8 Å². The van der Waals surface area contributed by atoms with Crippen molar-refractivity contribution in [3.63, 3.8) is 0 Å². The van der Waals surface area contributed by atoms with E-state index in [1.807, 2.05) is 52.2 Å². The molecule has 0 spiro atoms. The number of hydrogen-bond donors (Lipinski definition) is 4. The van der Waals surface area contributed by atoms with Crippen LogP contribution in [0.15, 0.2) is 66.0 Å². The first-order valence-corrected chi connectivity index (χ1v) is 15.2. The molecule has 2 aromatic carbocycles. The van der Waals surface area contributed by atoms with Gasteiger partial charge >= 0.3 is 0 Å². The first-order valence-electron chi connectivity index (χ1n) is 14.3. The first kappa shape index (κ1) is 30.5. The van der Waals surface area contributed by atoms with E-state index in [9.17, 15) is 4.79 Å². The highest BCUT2D eigenvalue weighted by atomic mass is 32.1. The van der Waals surface area contributed by atoms with Crippen molar-refractivity contribution in [1.82, 2.24) is 30.6 Å². The van der Waals surface area contributed by atoms with E-state index in [0.29, 0.717) is 5.56 Å². The van der Waals surface area contributed by atoms with E-state index >= 15 is 0 Å². The molecule has 0 aliphatic carbocycles. The lowest BCUT2D eigenvalue weighted by atomic mass is 10.0. The largest absolute Gasteiger partial charge is 0.366 e. The summed E-state index contributed by atoms with van der Waals surface area (Å²) in [7, 11) is 0. The zero-order valence-corrected chi connectivity index (χ0v) is 26.2. The van der Waals surface area contributed by atoms with Gasteiger partial charge in [-0.3, -0.25) is 10.2 Å². The lowest BCUT2D eigenvalue weighted by molar-refractivity contribution is 0.0999. The van der Waals surface area contributed by atoms with Crippen molar-refractivity contribution in [3.8, 4) is 22.6 Å². The number of rotatable bonds is 6. The standard InChI is InChI=1S/C26H24N8OS.C4H10.C2H6/c1-14-10-17(33-9-8-28-16(33)3)4-6-19(14)21-12-23-22(13-24(36-23)26-29-31-32-30-26)34(21)18-5-7-20(25(27)35)15(2)11-18;1-3-4-2;1-2/h4-13,31-32H,1-3H3,(H2,27,35)(H,29,30);3-4H2,1-2H3;1-2H3. The number of primary amides is 1. The summed E-state index contributed by atoms with van der Waals surface area (Å²) >= 11 is 1.66. The second-order valence-electron chi connectivity index (χ2n) is 9.75. The van der Waals surface area contributed by atoms with Crippen molar-refractivity contribution in [2.45, 2.75) is 61.3 Å². The molecule has 0 bridgehead atoms. The van der Waals surface area contributed by atoms with E-state index in [2.05, 4.69) is 86.8 Å². The van der Waals surface area contributed by atoms with Crippen molar-refractivity contribution in [3.05, 3.63) is 88.3 Å². The van der Waals surface area contributed by atoms with Gasteiger partial charge in [0.25, 0.3) is 0 Å². The predicted octanol–water partition coefficient (Wildman–Crippen LogP) is 6.68. The third-order valence-electron chi connectivity index (χ3n) is 6.95. The van der Waals surface area contributed by atoms with Gasteiger partial charge in [0.15, 0.2) is 5.84 Å². The number of aryl methyl sites for hydroxylation is 3. The van der Waals surface area contributed by atoms with Gasteiger partial charge in [-0.25, -0.2) is 10.5 Å². The van der Waals surface area contributed by atoms with Gasteiger partial charge in [0.1, 0.15) is 5.82 Å². The quantitative estimate of drug-likeness (QED) is 0.178. The number of hydrazone groups is 1. The van der Waals surface area contributed by atoms with E-state index in [-0.39, 0.29) is 0 Å². The fourth-order valence-electron chi connectivity index (χ4n) is 4.70. The van der Waals surface area contributed by atoms with Crippen LogP contribution in [0.3, 0.4) is 0 Å². The van der Waals surface area contributed by atoms with Crippen LogP contribution in [-0.4, -0.2) is 25.9 Å². The Labute approximate surface area is 251 Å². The number of imidazole rings is 1. The fourth-order valence-corrected chi connectivity index (χ4v) is 5.73. The molecule has 1 amide bonds. The highest BCUT2D eigenvalue weighted by Crippen LogP contribution is 2.38. The maximum atomic E-state index is 11.8. The van der Waals surface area contributed by atoms with Gasteiger partial charge in [-0.05, 0) is 74.4 Å². The predicted molar refractivity (Wildman–Crippen MR) is 174 cm³/mol. The number of carbonyl (C=O) groups excluding carboxylic acids is 1. The van der Waals surface area contributed by atoms with Gasteiger partial charge in [-0.2, -0.15) is 0 Å². The van der Waals surface area contributed by atoms with Gasteiger partial charge in [-0.1, -0.05) is 46.6 Å². The van der Waals surface area contributed by atoms with E-state index < -0.39 is 5.91 Å². The van der Waals surface area contributed by atoms with Gasteiger partial charge < -0.3 is 14.9 Å². The average Bonchev–Trinajstić information content (AvgIpc) is 3.78. The molecule has 6 rings (SSSR count). The van der Waals surface area contributed by atoms with Crippen LogP contribution < -0.4 is 22.2 Å². The Hall–Kier alpha value is -4.41. The van der Waals surface area contributed by atoms with Crippen LogP contribution in [-0.2, 0) is 0 Å². The molecule has 5 N–H and O–H groups in total. The van der Waals surface area contributed by atoms with Crippen LogP contribution in [0.5, 0.6) is 0 Å². The minimum absolute atomic E-state index is 0.429. The summed E-state index contributed by atoms with van der Waals surface area (Å²) in [4.78, 5) is 17.2. The number of hydrogen-bond acceptors (Lipinski definition) is 7. The lowest BCUT2D eigenvalue weighted by Crippen LogP contribution is -2.34. The second kappa shape index (κ2) is 13.5. The molecule has 0 radical (unpaired) electrons. The first-order chi connectivity index (χ1) is 20.3. The Morgan fingerprint density at radius 2 is 1.67 bits per heavy atom. The molecule has 10 heteroatoms. The molecule has 1 aliphatic heterocycles. The van der Waals surface area contributed by atoms with Gasteiger partial charge in [0.05, 0.1) is 20.8 Å². The molecular weight excluding hydrogens is 544 g/mol. The van der Waals surface area contributed by atoms with Crippen molar-refractivity contribution in [1.29, 1.82) is 0 Å². The number of nitrogens with zero attached hydrogens (tertiary/aromatic N) is 4. The summed E-state index contributed by atoms with van der Waals surface area (Å²) in [5, 5.41) is 4.25. The molecule has 9 nitrogen and oxygen atoms in total. The van der Waals surface area contributed by atoms with E-state index in [1.165, 1.54) is 12.8 Å². The smallest absolute Gasteiger partial charge is 0.248 e.